The fourth-order valence-corrected chi connectivity index (χ4v) is 8.80. The van der Waals surface area contributed by atoms with Gasteiger partial charge in [-0.05, 0) is 73.1 Å². The quantitative estimate of drug-likeness (QED) is 0.216. The van der Waals surface area contributed by atoms with E-state index in [9.17, 15) is 27.6 Å². The first-order valence-electron chi connectivity index (χ1n) is 15.9. The molecule has 4 fully saturated rings. The largest absolute Gasteiger partial charge is 0.469 e. The minimum atomic E-state index is -4.21. The summed E-state index contributed by atoms with van der Waals surface area (Å²) in [7, 11) is -2.92. The fraction of sp³-hybridized carbons (Fsp3) is 0.697. The van der Waals surface area contributed by atoms with Crippen LogP contribution in [0.1, 0.15) is 79.1 Å². The average Bonchev–Trinajstić information content (AvgIpc) is 3.78. The number of rotatable bonds is 12. The highest BCUT2D eigenvalue weighted by Crippen LogP contribution is 2.58. The van der Waals surface area contributed by atoms with Crippen molar-refractivity contribution in [3.05, 3.63) is 28.7 Å². The number of halogens is 1. The SMILES string of the molecule is CC[C@@H]1C[C@]1(CC(=O)C1C[C@H](OS(=O)(=O)c2ccc(Br)cc2)CN1C(=O)[C@@H](CC(=O)OC1C[C@@H]2C[C@@H]2C1)C(C)(C)C)C(=O)OC. The van der Waals surface area contributed by atoms with E-state index in [1.54, 1.807) is 12.1 Å². The number of carbonyl (C=O) groups excluding carboxylic acids is 4. The minimum Gasteiger partial charge on any atom is -0.469 e. The van der Waals surface area contributed by atoms with Crippen molar-refractivity contribution in [1.82, 2.24) is 4.90 Å². The first kappa shape index (κ1) is 34.0. The highest BCUT2D eigenvalue weighted by molar-refractivity contribution is 9.10. The Kier molecular flexibility index (Phi) is 9.61. The van der Waals surface area contributed by atoms with Crippen molar-refractivity contribution in [1.29, 1.82) is 0 Å². The van der Waals surface area contributed by atoms with E-state index >= 15 is 0 Å². The minimum absolute atomic E-state index is 0.0111. The fourth-order valence-electron chi connectivity index (χ4n) is 7.46. The van der Waals surface area contributed by atoms with E-state index in [1.807, 2.05) is 27.7 Å². The number of hydrogen-bond donors (Lipinski definition) is 0. The number of ether oxygens (including phenoxy) is 2. The van der Waals surface area contributed by atoms with Crippen LogP contribution in [0, 0.1) is 34.5 Å². The van der Waals surface area contributed by atoms with Crippen molar-refractivity contribution in [2.75, 3.05) is 13.7 Å². The highest BCUT2D eigenvalue weighted by atomic mass is 79.9. The van der Waals surface area contributed by atoms with Gasteiger partial charge in [0.05, 0.1) is 41.9 Å². The van der Waals surface area contributed by atoms with Crippen molar-refractivity contribution in [3.63, 3.8) is 0 Å². The Morgan fingerprint density at radius 1 is 1.02 bits per heavy atom. The Bertz CT molecular complexity index is 1430. The number of nitrogens with zero attached hydrogens (tertiary/aromatic N) is 1. The summed E-state index contributed by atoms with van der Waals surface area (Å²) in [5, 5.41) is 0. The second kappa shape index (κ2) is 12.7. The molecule has 0 aromatic heterocycles. The van der Waals surface area contributed by atoms with Gasteiger partial charge in [0.2, 0.25) is 5.91 Å². The summed E-state index contributed by atoms with van der Waals surface area (Å²) < 4.78 is 43.5. The summed E-state index contributed by atoms with van der Waals surface area (Å²) in [4.78, 5) is 55.5. The van der Waals surface area contributed by atoms with Gasteiger partial charge in [0.15, 0.2) is 5.78 Å². The monoisotopic (exact) mass is 709 g/mol. The molecule has 1 amide bonds. The Morgan fingerprint density at radius 2 is 1.67 bits per heavy atom. The molecule has 1 aliphatic heterocycles. The lowest BCUT2D eigenvalue weighted by Gasteiger charge is -2.35. The molecule has 1 heterocycles. The van der Waals surface area contributed by atoms with Crippen molar-refractivity contribution >= 4 is 49.7 Å². The summed E-state index contributed by atoms with van der Waals surface area (Å²) in [6, 6.07) is 4.96. The molecule has 12 heteroatoms. The summed E-state index contributed by atoms with van der Waals surface area (Å²) in [5.74, 6) is -1.25. The van der Waals surface area contributed by atoms with Gasteiger partial charge in [-0.25, -0.2) is 0 Å². The summed E-state index contributed by atoms with van der Waals surface area (Å²) in [6.07, 6.45) is 2.68. The van der Waals surface area contributed by atoms with Gasteiger partial charge in [0.1, 0.15) is 6.10 Å². The number of carbonyl (C=O) groups is 4. The number of fused-ring (bicyclic) bond motifs is 1. The van der Waals surface area contributed by atoms with Crippen LogP contribution in [-0.4, -0.2) is 68.9 Å². The number of amides is 1. The van der Waals surface area contributed by atoms with Crippen LogP contribution >= 0.6 is 15.9 Å². The highest BCUT2D eigenvalue weighted by Gasteiger charge is 2.62. The standard InChI is InChI=1S/C33H44BrNO9S/c1-6-21-16-33(21,31(39)42-5)17-28(36)27-14-24(44-45(40,41)25-9-7-22(34)8-10-25)18-35(27)30(38)26(32(2,3)4)15-29(37)43-23-12-19-11-20(19)13-23/h7-10,19-21,23-24,26-27H,6,11-18H2,1-5H3/t19-,20+,21-,23?,24+,26-,27?,33-/m1/s1. The van der Waals surface area contributed by atoms with Crippen molar-refractivity contribution in [2.45, 2.75) is 102 Å². The molecule has 0 radical (unpaired) electrons. The Morgan fingerprint density at radius 3 is 2.22 bits per heavy atom. The van der Waals surface area contributed by atoms with Gasteiger partial charge in [0.25, 0.3) is 10.1 Å². The molecule has 3 aliphatic carbocycles. The maximum atomic E-state index is 14.3. The second-order valence-corrected chi connectivity index (χ2v) is 16.9. The van der Waals surface area contributed by atoms with Gasteiger partial charge in [0, 0.05) is 23.9 Å². The van der Waals surface area contributed by atoms with Gasteiger partial charge in [-0.3, -0.25) is 23.4 Å². The maximum Gasteiger partial charge on any atom is 0.312 e. The molecule has 8 atom stereocenters. The lowest BCUT2D eigenvalue weighted by atomic mass is 9.77. The molecule has 1 aromatic rings. The van der Waals surface area contributed by atoms with Crippen molar-refractivity contribution in [2.24, 2.45) is 34.5 Å². The number of ketones is 1. The molecule has 5 rings (SSSR count). The van der Waals surface area contributed by atoms with Crippen LogP contribution in [0.2, 0.25) is 0 Å². The molecule has 2 unspecified atom stereocenters. The Labute approximate surface area is 274 Å². The lowest BCUT2D eigenvalue weighted by Crippen LogP contribution is -2.48. The van der Waals surface area contributed by atoms with Crippen molar-refractivity contribution in [3.8, 4) is 0 Å². The van der Waals surface area contributed by atoms with E-state index in [-0.39, 0.29) is 48.5 Å². The molecule has 0 bridgehead atoms. The molecule has 0 N–H and O–H groups in total. The second-order valence-electron chi connectivity index (χ2n) is 14.4. The molecule has 0 spiro atoms. The first-order chi connectivity index (χ1) is 21.1. The summed E-state index contributed by atoms with van der Waals surface area (Å²) in [5.41, 5.74) is -1.62. The van der Waals surface area contributed by atoms with Crippen LogP contribution in [0.3, 0.4) is 0 Å². The zero-order valence-electron chi connectivity index (χ0n) is 26.6. The predicted octanol–water partition coefficient (Wildman–Crippen LogP) is 5.07. The molecule has 10 nitrogen and oxygen atoms in total. The molecule has 3 saturated carbocycles. The number of esters is 2. The molecule has 45 heavy (non-hydrogen) atoms. The number of hydrogen-bond acceptors (Lipinski definition) is 9. The van der Waals surface area contributed by atoms with Gasteiger partial charge < -0.3 is 14.4 Å². The zero-order valence-corrected chi connectivity index (χ0v) is 29.0. The molecule has 4 aliphatic rings. The molecule has 1 saturated heterocycles. The smallest absolute Gasteiger partial charge is 0.312 e. The maximum absolute atomic E-state index is 14.3. The third kappa shape index (κ3) is 7.32. The third-order valence-corrected chi connectivity index (χ3v) is 12.2. The van der Waals surface area contributed by atoms with Crippen LogP contribution in [-0.2, 0) is 43.0 Å². The molecule has 1 aromatic carbocycles. The first-order valence-corrected chi connectivity index (χ1v) is 18.1. The normalized spacial score (nSPS) is 31.2. The lowest BCUT2D eigenvalue weighted by molar-refractivity contribution is -0.157. The average molecular weight is 711 g/mol. The van der Waals surface area contributed by atoms with E-state index in [4.69, 9.17) is 13.7 Å². The van der Waals surface area contributed by atoms with E-state index in [1.165, 1.54) is 30.6 Å². The molecular formula is C33H44BrNO9S. The van der Waals surface area contributed by atoms with Crippen molar-refractivity contribution < 1.29 is 41.3 Å². The predicted molar refractivity (Wildman–Crippen MR) is 167 cm³/mol. The van der Waals surface area contributed by atoms with Gasteiger partial charge >= 0.3 is 11.9 Å². The number of Topliss-reactive ketones (excluding diaryl/α,β-unsaturated/α-hetero) is 1. The van der Waals surface area contributed by atoms with Crippen LogP contribution in [0.4, 0.5) is 0 Å². The number of methoxy groups -OCH3 is 1. The van der Waals surface area contributed by atoms with Gasteiger partial charge in [-0.1, -0.05) is 50.0 Å². The van der Waals surface area contributed by atoms with E-state index < -0.39 is 56.9 Å². The van der Waals surface area contributed by atoms with Gasteiger partial charge in [-0.15, -0.1) is 0 Å². The number of likely N-dealkylation sites (tertiary alicyclic amines) is 1. The molecular weight excluding hydrogens is 666 g/mol. The summed E-state index contributed by atoms with van der Waals surface area (Å²) in [6.45, 7) is 7.36. The van der Waals surface area contributed by atoms with Crippen LogP contribution < -0.4 is 0 Å². The summed E-state index contributed by atoms with van der Waals surface area (Å²) >= 11 is 3.29. The van der Waals surface area contributed by atoms with Gasteiger partial charge in [-0.2, -0.15) is 8.42 Å². The third-order valence-electron chi connectivity index (χ3n) is 10.3. The van der Waals surface area contributed by atoms with Crippen LogP contribution in [0.5, 0.6) is 0 Å². The van der Waals surface area contributed by atoms with Crippen LogP contribution in [0.15, 0.2) is 33.6 Å². The number of benzene rings is 1. The topological polar surface area (TPSA) is 133 Å². The van der Waals surface area contributed by atoms with E-state index in [0.29, 0.717) is 29.2 Å². The zero-order chi connectivity index (χ0) is 32.9. The molecule has 248 valence electrons. The van der Waals surface area contributed by atoms with E-state index in [2.05, 4.69) is 15.9 Å². The Balaban J connectivity index is 1.37. The van der Waals surface area contributed by atoms with Crippen LogP contribution in [0.25, 0.3) is 0 Å². The van der Waals surface area contributed by atoms with E-state index in [0.717, 1.165) is 12.8 Å². The Hall–Kier alpha value is -2.31.